The Labute approximate surface area is 392 Å². The second kappa shape index (κ2) is 20.0. The molecule has 3 aliphatic rings. The van der Waals surface area contributed by atoms with Crippen molar-refractivity contribution in [3.05, 3.63) is 76.5 Å². The summed E-state index contributed by atoms with van der Waals surface area (Å²) in [6.45, 7) is 15.2. The van der Waals surface area contributed by atoms with Gasteiger partial charge in [-0.1, -0.05) is 46.8 Å². The van der Waals surface area contributed by atoms with Gasteiger partial charge in [0.15, 0.2) is 6.61 Å². The third-order valence-corrected chi connectivity index (χ3v) is 13.6. The first-order valence-corrected chi connectivity index (χ1v) is 23.4. The van der Waals surface area contributed by atoms with Gasteiger partial charge >= 0.3 is 12.3 Å². The van der Waals surface area contributed by atoms with E-state index in [4.69, 9.17) is 19.3 Å². The fraction of sp³-hybridized carbons (Fsp3) is 0.540. The summed E-state index contributed by atoms with van der Waals surface area (Å²) in [6.07, 6.45) is 1.43. The molecule has 67 heavy (non-hydrogen) atoms. The summed E-state index contributed by atoms with van der Waals surface area (Å²) >= 11 is 0. The number of aryl methyl sites for hydroxylation is 1. The van der Waals surface area contributed by atoms with Crippen LogP contribution in [0.3, 0.4) is 0 Å². The molecule has 4 amide bonds. The van der Waals surface area contributed by atoms with E-state index in [1.165, 1.54) is 21.9 Å². The molecule has 0 spiro atoms. The smallest absolute Gasteiger partial charge is 0.409 e. The van der Waals surface area contributed by atoms with Gasteiger partial charge in [-0.3, -0.25) is 24.4 Å². The average molecular weight is 924 g/mol. The summed E-state index contributed by atoms with van der Waals surface area (Å²) < 4.78 is 13.0. The molecule has 2 aromatic heterocycles. The third kappa shape index (κ3) is 10.1. The van der Waals surface area contributed by atoms with E-state index < -0.39 is 47.5 Å². The number of hydrogen-bond acceptors (Lipinski definition) is 11. The van der Waals surface area contributed by atoms with Crippen LogP contribution >= 0.6 is 0 Å². The van der Waals surface area contributed by atoms with Crippen molar-refractivity contribution in [2.75, 3.05) is 47.5 Å². The van der Waals surface area contributed by atoms with Gasteiger partial charge in [0.2, 0.25) is 16.7 Å². The Morgan fingerprint density at radius 2 is 1.85 bits per heavy atom. The number of phenolic OH excluding ortho intramolecular Hbond substituents is 1. The minimum absolute atomic E-state index is 0.0198. The highest BCUT2D eigenvalue weighted by Crippen LogP contribution is 2.42. The van der Waals surface area contributed by atoms with Crippen LogP contribution in [0, 0.1) is 28.1 Å². The van der Waals surface area contributed by atoms with Crippen LogP contribution in [0.5, 0.6) is 5.75 Å². The molecule has 2 fully saturated rings. The molecule has 0 aliphatic carbocycles. The van der Waals surface area contributed by atoms with Crippen LogP contribution in [-0.4, -0.2) is 124 Å². The van der Waals surface area contributed by atoms with E-state index in [9.17, 15) is 29.2 Å². The molecule has 17 nitrogen and oxygen atoms in total. The first-order valence-electron chi connectivity index (χ1n) is 23.4. The molecule has 0 unspecified atom stereocenters. The molecule has 6 bridgehead atoms. The maximum atomic E-state index is 14.7. The maximum Gasteiger partial charge on any atom is 0.409 e. The number of nitrogens with one attached hydrogen (secondary N) is 2. The Bertz CT molecular complexity index is 2520. The number of phenols is 1. The molecule has 5 heterocycles. The number of hydrogen-bond donors (Lipinski definition) is 3. The lowest BCUT2D eigenvalue weighted by molar-refractivity contribution is -0.835. The molecular formula is C50H67N8O9+. The molecule has 3 aliphatic heterocycles. The molecule has 2 aromatic carbocycles. The number of ether oxygens (including phenoxy) is 2. The van der Waals surface area contributed by atoms with Crippen molar-refractivity contribution in [3.63, 3.8) is 0 Å². The van der Waals surface area contributed by atoms with Crippen molar-refractivity contribution in [1.29, 1.82) is 0 Å². The van der Waals surface area contributed by atoms with Crippen LogP contribution in [0.15, 0.2) is 54.7 Å². The molecule has 360 valence electrons. The van der Waals surface area contributed by atoms with Gasteiger partial charge in [-0.05, 0) is 97.2 Å². The topological polar surface area (TPSA) is 188 Å². The van der Waals surface area contributed by atoms with E-state index in [0.717, 1.165) is 39.0 Å². The quantitative estimate of drug-likeness (QED) is 0.169. The Morgan fingerprint density at radius 1 is 1.09 bits per heavy atom. The van der Waals surface area contributed by atoms with E-state index in [2.05, 4.69) is 54.3 Å². The number of likely N-dealkylation sites (N-methyl/N-ethyl adjacent to an activating group) is 1. The minimum atomic E-state index is -1.18. The molecule has 3 N–H and O–H groups in total. The number of benzene rings is 2. The zero-order chi connectivity index (χ0) is 48.5. The number of amides is 4. The Kier molecular flexibility index (Phi) is 14.6. The van der Waals surface area contributed by atoms with Gasteiger partial charge in [-0.25, -0.2) is 9.63 Å². The maximum absolute atomic E-state index is 14.7. The van der Waals surface area contributed by atoms with Crippen molar-refractivity contribution in [2.45, 2.75) is 105 Å². The van der Waals surface area contributed by atoms with Crippen molar-refractivity contribution < 1.29 is 43.5 Å². The van der Waals surface area contributed by atoms with Crippen LogP contribution in [-0.2, 0) is 48.1 Å². The second-order valence-corrected chi connectivity index (χ2v) is 19.5. The van der Waals surface area contributed by atoms with Crippen LogP contribution in [0.1, 0.15) is 84.2 Å². The van der Waals surface area contributed by atoms with Crippen LogP contribution in [0.2, 0.25) is 0 Å². The number of carbonyl (C=O) groups excluding carboxylic acids is 4. The number of carbonyl (C=O) groups is 4. The molecule has 0 saturated carbocycles. The number of rotatable bonds is 9. The molecule has 0 radical (unpaired) electrons. The molecule has 7 rings (SSSR count). The molecule has 17 heteroatoms. The van der Waals surface area contributed by atoms with Crippen molar-refractivity contribution >= 4 is 34.7 Å². The highest BCUT2D eigenvalue weighted by Gasteiger charge is 2.44. The van der Waals surface area contributed by atoms with Crippen molar-refractivity contribution in [3.8, 4) is 28.1 Å². The first-order chi connectivity index (χ1) is 31.9. The number of fused-ring (bicyclic) bond motifs is 6. The fourth-order valence-corrected chi connectivity index (χ4v) is 10.1. The monoisotopic (exact) mass is 924 g/mol. The van der Waals surface area contributed by atoms with E-state index in [1.807, 2.05) is 45.9 Å². The van der Waals surface area contributed by atoms with Gasteiger partial charge in [0.1, 0.15) is 17.8 Å². The summed E-state index contributed by atoms with van der Waals surface area (Å²) in [5.41, 5.74) is 9.40. The van der Waals surface area contributed by atoms with Crippen LogP contribution < -0.4 is 10.7 Å². The lowest BCUT2D eigenvalue weighted by Crippen LogP contribution is -2.62. The Morgan fingerprint density at radius 3 is 2.55 bits per heavy atom. The summed E-state index contributed by atoms with van der Waals surface area (Å²) in [5, 5.41) is 16.7. The Balaban J connectivity index is 1.31. The lowest BCUT2D eigenvalue weighted by Gasteiger charge is -2.35. The highest BCUT2D eigenvalue weighted by molar-refractivity contribution is 5.96. The second-order valence-electron chi connectivity index (χ2n) is 19.5. The number of pyridine rings is 1. The average Bonchev–Trinajstić information content (AvgIpc) is 3.85. The third-order valence-electron chi connectivity index (χ3n) is 13.6. The molecule has 2 saturated heterocycles. The standard InChI is InChI=1S/C50H66N8O9/c1-11-56-41-17-16-33-24-37(41)38(45(56)36-14-12-18-51-43(36)31(5)65-9)25-50(6,7)28-67-58(64)42-15-13-19-57(53-42)48(62)40(22-32-20-34(33)23-35(59)21-32)52-46(60)44(29(2)3)54(8)47(61)39-27-55(26-30(39)4)49(63)66-10/h12,14,16-18,20-21,23-24,29-31,39-40,42,44,53H,11,13,15,19,22,25-28H2,1-10H3,(H-,52,59,60)/p+1/t30-,31-,39+,40-,42+,44-/m0/s1. The van der Waals surface area contributed by atoms with E-state index >= 15 is 0 Å². The summed E-state index contributed by atoms with van der Waals surface area (Å²) in [7, 11) is 4.54. The van der Waals surface area contributed by atoms with Gasteiger partial charge in [-0.15, -0.1) is 0 Å². The van der Waals surface area contributed by atoms with E-state index in [1.54, 1.807) is 32.5 Å². The van der Waals surface area contributed by atoms with Crippen LogP contribution in [0.25, 0.3) is 33.3 Å². The SMILES string of the molecule is CCn1c(-c2cccnc2[C@H](C)OC)c2c3cc(ccc31)-c1cc(O)cc(c1)C[C@H](NC(=O)[C@H](C(C)C)N(C)C(=O)[C@@H]1CN(C(=O)OC)C[C@@H]1C)C(=O)N1CCC[C@H](N1)[N+](=O)OCC(C)(C)C2. The molecule has 6 atom stereocenters. The fourth-order valence-electron chi connectivity index (χ4n) is 10.1. The number of likely N-dealkylation sites (tertiary alicyclic amines) is 1. The zero-order valence-corrected chi connectivity index (χ0v) is 40.5. The zero-order valence-electron chi connectivity index (χ0n) is 40.5. The summed E-state index contributed by atoms with van der Waals surface area (Å²) in [6, 6.07) is 13.2. The number of aromatic nitrogens is 2. The van der Waals surface area contributed by atoms with Gasteiger partial charge in [0.25, 0.3) is 5.91 Å². The number of hydrazine groups is 1. The molecule has 4 aromatic rings. The minimum Gasteiger partial charge on any atom is -0.508 e. The van der Waals surface area contributed by atoms with Crippen molar-refractivity contribution in [2.24, 2.45) is 23.2 Å². The van der Waals surface area contributed by atoms with Crippen LogP contribution in [0.4, 0.5) is 4.79 Å². The number of nitrogens with zero attached hydrogens (tertiary/aromatic N) is 6. The number of methoxy groups -OCH3 is 2. The predicted octanol–water partition coefficient (Wildman–Crippen LogP) is 6.39. The molecular weight excluding hydrogens is 857 g/mol. The van der Waals surface area contributed by atoms with E-state index in [0.29, 0.717) is 48.4 Å². The summed E-state index contributed by atoms with van der Waals surface area (Å²) in [4.78, 5) is 83.9. The largest absolute Gasteiger partial charge is 0.508 e. The van der Waals surface area contributed by atoms with E-state index in [-0.39, 0.29) is 55.7 Å². The van der Waals surface area contributed by atoms with Gasteiger partial charge in [0, 0.05) is 81.3 Å². The van der Waals surface area contributed by atoms with Gasteiger partial charge in [0.05, 0.1) is 35.4 Å². The summed E-state index contributed by atoms with van der Waals surface area (Å²) in [5.74, 6) is -2.47. The lowest BCUT2D eigenvalue weighted by atomic mass is 9.84. The highest BCUT2D eigenvalue weighted by atomic mass is 16.8. The van der Waals surface area contributed by atoms with Crippen molar-refractivity contribution in [1.82, 2.24) is 35.1 Å². The Hall–Kier alpha value is -6.07. The van der Waals surface area contributed by atoms with Gasteiger partial charge < -0.3 is 34.3 Å². The predicted molar refractivity (Wildman–Crippen MR) is 252 cm³/mol. The first kappa shape index (κ1) is 48.9. The number of aromatic hydroxyl groups is 1. The van der Waals surface area contributed by atoms with Gasteiger partial charge in [-0.2, -0.15) is 5.43 Å². The normalized spacial score (nSPS) is 22.0.